The van der Waals surface area contributed by atoms with E-state index in [0.29, 0.717) is 23.4 Å². The van der Waals surface area contributed by atoms with Gasteiger partial charge in [0.25, 0.3) is 5.91 Å². The molecule has 0 aliphatic heterocycles. The predicted octanol–water partition coefficient (Wildman–Crippen LogP) is 3.53. The van der Waals surface area contributed by atoms with E-state index in [1.807, 2.05) is 0 Å². The largest absolute Gasteiger partial charge is 0.504 e. The fourth-order valence-corrected chi connectivity index (χ4v) is 5.42. The van der Waals surface area contributed by atoms with Gasteiger partial charge in [-0.05, 0) is 60.9 Å². The molecular weight excluding hydrogens is 454 g/mol. The van der Waals surface area contributed by atoms with E-state index in [0.717, 1.165) is 19.3 Å². The van der Waals surface area contributed by atoms with Gasteiger partial charge in [-0.2, -0.15) is 9.41 Å². The predicted molar refractivity (Wildman–Crippen MR) is 123 cm³/mol. The first-order valence-corrected chi connectivity index (χ1v) is 12.1. The highest BCUT2D eigenvalue weighted by Gasteiger charge is 2.33. The summed E-state index contributed by atoms with van der Waals surface area (Å²) in [5.74, 6) is -0.280. The molecule has 0 saturated heterocycles. The smallest absolute Gasteiger partial charge is 0.255 e. The minimum Gasteiger partial charge on any atom is -0.504 e. The SMILES string of the molecule is COc1cc(C=NNC(=O)CN(C2CCCCC2)S(=O)(=O)c2ccc(Cl)cc2)ccc1O. The van der Waals surface area contributed by atoms with Crippen LogP contribution >= 0.6 is 11.6 Å². The van der Waals surface area contributed by atoms with Crippen molar-refractivity contribution in [2.24, 2.45) is 5.10 Å². The molecule has 32 heavy (non-hydrogen) atoms. The summed E-state index contributed by atoms with van der Waals surface area (Å²) < 4.78 is 32.9. The van der Waals surface area contributed by atoms with E-state index in [4.69, 9.17) is 16.3 Å². The van der Waals surface area contributed by atoms with Gasteiger partial charge < -0.3 is 9.84 Å². The Morgan fingerprint density at radius 1 is 1.22 bits per heavy atom. The lowest BCUT2D eigenvalue weighted by Gasteiger charge is -2.32. The Morgan fingerprint density at radius 2 is 1.91 bits per heavy atom. The number of aromatic hydroxyl groups is 1. The minimum atomic E-state index is -3.89. The van der Waals surface area contributed by atoms with Crippen LogP contribution in [-0.2, 0) is 14.8 Å². The number of benzene rings is 2. The van der Waals surface area contributed by atoms with Crippen LogP contribution in [-0.4, -0.2) is 49.6 Å². The van der Waals surface area contributed by atoms with Gasteiger partial charge in [-0.25, -0.2) is 13.8 Å². The van der Waals surface area contributed by atoms with Crippen LogP contribution in [0.5, 0.6) is 11.5 Å². The molecule has 8 nitrogen and oxygen atoms in total. The van der Waals surface area contributed by atoms with Gasteiger partial charge >= 0.3 is 0 Å². The second kappa shape index (κ2) is 10.8. The summed E-state index contributed by atoms with van der Waals surface area (Å²) in [6, 6.07) is 10.3. The molecule has 10 heteroatoms. The zero-order valence-electron chi connectivity index (χ0n) is 17.7. The van der Waals surface area contributed by atoms with E-state index >= 15 is 0 Å². The zero-order chi connectivity index (χ0) is 23.1. The van der Waals surface area contributed by atoms with Crippen molar-refractivity contribution < 1.29 is 23.1 Å². The maximum Gasteiger partial charge on any atom is 0.255 e. The molecule has 0 bridgehead atoms. The maximum absolute atomic E-state index is 13.3. The van der Waals surface area contributed by atoms with Gasteiger partial charge in [-0.3, -0.25) is 4.79 Å². The van der Waals surface area contributed by atoms with Crippen molar-refractivity contribution >= 4 is 33.7 Å². The number of amides is 1. The Hall–Kier alpha value is -2.62. The number of ether oxygens (including phenoxy) is 1. The zero-order valence-corrected chi connectivity index (χ0v) is 19.3. The first-order chi connectivity index (χ1) is 15.3. The van der Waals surface area contributed by atoms with Crippen molar-refractivity contribution in [2.45, 2.75) is 43.0 Å². The molecule has 0 spiro atoms. The van der Waals surface area contributed by atoms with Crippen molar-refractivity contribution in [1.82, 2.24) is 9.73 Å². The van der Waals surface area contributed by atoms with Crippen LogP contribution in [0.15, 0.2) is 52.5 Å². The molecule has 1 fully saturated rings. The second-order valence-electron chi connectivity index (χ2n) is 7.52. The Bertz CT molecular complexity index is 1070. The quantitative estimate of drug-likeness (QED) is 0.444. The van der Waals surface area contributed by atoms with Crippen LogP contribution in [0.1, 0.15) is 37.7 Å². The topological polar surface area (TPSA) is 108 Å². The summed E-state index contributed by atoms with van der Waals surface area (Å²) >= 11 is 5.90. The van der Waals surface area contributed by atoms with Crippen molar-refractivity contribution in [3.05, 3.63) is 53.1 Å². The molecule has 0 unspecified atom stereocenters. The van der Waals surface area contributed by atoms with Crippen molar-refractivity contribution in [2.75, 3.05) is 13.7 Å². The average Bonchev–Trinajstić information content (AvgIpc) is 2.79. The molecule has 2 aromatic carbocycles. The Kier molecular flexibility index (Phi) is 8.11. The van der Waals surface area contributed by atoms with Gasteiger partial charge in [0.05, 0.1) is 24.8 Å². The molecule has 0 aromatic heterocycles. The number of nitrogens with one attached hydrogen (secondary N) is 1. The van der Waals surface area contributed by atoms with Crippen LogP contribution in [0.4, 0.5) is 0 Å². The van der Waals surface area contributed by atoms with Crippen molar-refractivity contribution in [3.8, 4) is 11.5 Å². The van der Waals surface area contributed by atoms with Crippen LogP contribution in [0.2, 0.25) is 5.02 Å². The molecule has 0 atom stereocenters. The molecule has 3 rings (SSSR count). The maximum atomic E-state index is 13.3. The van der Waals surface area contributed by atoms with E-state index in [1.165, 1.54) is 48.0 Å². The van der Waals surface area contributed by atoms with E-state index < -0.39 is 15.9 Å². The van der Waals surface area contributed by atoms with Crippen molar-refractivity contribution in [1.29, 1.82) is 0 Å². The summed E-state index contributed by atoms with van der Waals surface area (Å²) in [4.78, 5) is 12.7. The van der Waals surface area contributed by atoms with Crippen molar-refractivity contribution in [3.63, 3.8) is 0 Å². The standard InChI is InChI=1S/C22H26ClN3O5S/c1-31-21-13-16(7-12-20(21)27)14-24-25-22(28)15-26(18-5-3-2-4-6-18)32(29,30)19-10-8-17(23)9-11-19/h7-14,18,27H,2-6,15H2,1H3,(H,25,28). The van der Waals surface area contributed by atoms with Gasteiger partial charge in [0.2, 0.25) is 10.0 Å². The number of carbonyl (C=O) groups excluding carboxylic acids is 1. The summed E-state index contributed by atoms with van der Waals surface area (Å²) in [6.45, 7) is -0.341. The highest BCUT2D eigenvalue weighted by molar-refractivity contribution is 7.89. The van der Waals surface area contributed by atoms with Crippen LogP contribution in [0.25, 0.3) is 0 Å². The van der Waals surface area contributed by atoms with E-state index in [2.05, 4.69) is 10.5 Å². The number of halogens is 1. The first-order valence-electron chi connectivity index (χ1n) is 10.3. The van der Waals surface area contributed by atoms with Crippen LogP contribution in [0, 0.1) is 0 Å². The van der Waals surface area contributed by atoms with Crippen LogP contribution in [0.3, 0.4) is 0 Å². The summed E-state index contributed by atoms with van der Waals surface area (Å²) in [7, 11) is -2.46. The van der Waals surface area contributed by atoms with E-state index in [9.17, 15) is 18.3 Å². The summed E-state index contributed by atoms with van der Waals surface area (Å²) in [6.07, 6.45) is 5.68. The monoisotopic (exact) mass is 479 g/mol. The highest BCUT2D eigenvalue weighted by Crippen LogP contribution is 2.28. The molecule has 0 radical (unpaired) electrons. The minimum absolute atomic E-state index is 0.00999. The highest BCUT2D eigenvalue weighted by atomic mass is 35.5. The molecular formula is C22H26ClN3O5S. The number of carbonyl (C=O) groups is 1. The van der Waals surface area contributed by atoms with Gasteiger partial charge in [0, 0.05) is 11.1 Å². The number of sulfonamides is 1. The lowest BCUT2D eigenvalue weighted by molar-refractivity contribution is -0.121. The van der Waals surface area contributed by atoms with Crippen LogP contribution < -0.4 is 10.2 Å². The number of hydrogen-bond acceptors (Lipinski definition) is 6. The third-order valence-corrected chi connectivity index (χ3v) is 7.47. The molecule has 172 valence electrons. The molecule has 1 amide bonds. The number of hydrogen-bond donors (Lipinski definition) is 2. The molecule has 2 N–H and O–H groups in total. The number of rotatable bonds is 8. The van der Waals surface area contributed by atoms with E-state index in [-0.39, 0.29) is 29.0 Å². The molecule has 1 saturated carbocycles. The van der Waals surface area contributed by atoms with Gasteiger partial charge in [0.1, 0.15) is 0 Å². The molecule has 1 aliphatic carbocycles. The normalized spacial score (nSPS) is 15.2. The fourth-order valence-electron chi connectivity index (χ4n) is 3.65. The molecule has 0 heterocycles. The summed E-state index contributed by atoms with van der Waals surface area (Å²) in [5, 5.41) is 14.0. The lowest BCUT2D eigenvalue weighted by atomic mass is 9.95. The number of hydrazone groups is 1. The average molecular weight is 480 g/mol. The Labute approximate surface area is 192 Å². The fraction of sp³-hybridized carbons (Fsp3) is 0.364. The van der Waals surface area contributed by atoms with Gasteiger partial charge in [-0.1, -0.05) is 30.9 Å². The number of phenolic OH excluding ortho intramolecular Hbond substituents is 1. The number of nitrogens with zero attached hydrogens (tertiary/aromatic N) is 2. The third-order valence-electron chi connectivity index (χ3n) is 5.31. The molecule has 1 aliphatic rings. The Balaban J connectivity index is 1.74. The molecule has 2 aromatic rings. The lowest BCUT2D eigenvalue weighted by Crippen LogP contribution is -2.46. The first kappa shape index (κ1) is 24.0. The summed E-state index contributed by atoms with van der Waals surface area (Å²) in [5.41, 5.74) is 2.98. The van der Waals surface area contributed by atoms with Gasteiger partial charge in [-0.15, -0.1) is 0 Å². The van der Waals surface area contributed by atoms with Gasteiger partial charge in [0.15, 0.2) is 11.5 Å². The number of phenols is 1. The second-order valence-corrected chi connectivity index (χ2v) is 9.85. The number of methoxy groups -OCH3 is 1. The van der Waals surface area contributed by atoms with E-state index in [1.54, 1.807) is 12.1 Å². The third kappa shape index (κ3) is 5.99. The Morgan fingerprint density at radius 3 is 2.56 bits per heavy atom.